The Hall–Kier alpha value is -1.57. The first kappa shape index (κ1) is 48.8. The molecule has 0 saturated carbocycles. The number of hydrogen-bond donors (Lipinski definition) is 1. The first-order chi connectivity index (χ1) is 26.6. The molecule has 0 atom stereocenters. The molecule has 2 aromatic rings. The van der Waals surface area contributed by atoms with Gasteiger partial charge in [0.2, 0.25) is 0 Å². The van der Waals surface area contributed by atoms with Crippen LogP contribution in [0, 0.1) is 13.8 Å². The van der Waals surface area contributed by atoms with Crippen LogP contribution in [-0.2, 0) is 10.8 Å². The molecule has 6 rings (SSSR count). The van der Waals surface area contributed by atoms with Crippen LogP contribution >= 0.6 is 7.28 Å². The summed E-state index contributed by atoms with van der Waals surface area (Å²) in [6.45, 7) is 25.4. The molecule has 0 amide bonds. The van der Waals surface area contributed by atoms with Crippen LogP contribution in [0.5, 0.6) is 11.5 Å². The zero-order chi connectivity index (χ0) is 41.3. The molecule has 56 heavy (non-hydrogen) atoms. The van der Waals surface area contributed by atoms with E-state index in [2.05, 4.69) is 100 Å². The van der Waals surface area contributed by atoms with Crippen molar-refractivity contribution in [1.82, 2.24) is 0 Å². The Balaban J connectivity index is 2.01. The van der Waals surface area contributed by atoms with E-state index in [0.717, 1.165) is 50.0 Å². The van der Waals surface area contributed by atoms with Crippen molar-refractivity contribution in [1.29, 1.82) is 0 Å². The Kier molecular flexibility index (Phi) is 20.3. The topological polar surface area (TPSA) is 38.7 Å². The van der Waals surface area contributed by atoms with Gasteiger partial charge >= 0.3 is 336 Å². The molecule has 0 unspecified atom stereocenters. The molecular weight excluding hydrogens is 704 g/mol. The van der Waals surface area contributed by atoms with Crippen molar-refractivity contribution in [3.63, 3.8) is 0 Å². The van der Waals surface area contributed by atoms with Gasteiger partial charge in [0.25, 0.3) is 0 Å². The summed E-state index contributed by atoms with van der Waals surface area (Å²) in [6, 6.07) is 9.08. The number of benzene rings is 2. The molecule has 0 aromatic heterocycles. The zero-order valence-corrected chi connectivity index (χ0v) is 39.9. The summed E-state index contributed by atoms with van der Waals surface area (Å²) in [4.78, 5) is 13.8. The average molecular weight is 795 g/mol. The molecule has 0 fully saturated rings. The fourth-order valence-corrected chi connectivity index (χ4v) is 13.4. The Labute approximate surface area is 348 Å². The van der Waals surface area contributed by atoms with E-state index < -0.39 is 7.28 Å². The van der Waals surface area contributed by atoms with Gasteiger partial charge in [-0.2, -0.15) is 0 Å². The first-order valence-electron chi connectivity index (χ1n) is 24.0. The standard InChI is InChI=1S/C52H91O3P/c1-12-15-17-19-21-23-25-27-29-31-33-40-56(53,41-34-32-30-28-26-24-22-20-18-16-13-2)54-47-38-36-44(42(4)49(47)51(6,7)8)46(35-14-3)45-37-39-48(55-56)50(43(45)5)52(9,10)11/h36-39,46,53H,12-35,40-41H2,1-11H3. The summed E-state index contributed by atoms with van der Waals surface area (Å²) in [5.74, 6) is 1.97. The fraction of sp³-hybridized carbons (Fsp3) is 0.769. The van der Waals surface area contributed by atoms with Gasteiger partial charge in [-0.25, -0.2) is 0 Å². The summed E-state index contributed by atoms with van der Waals surface area (Å²) in [5.41, 5.74) is 7.55. The van der Waals surface area contributed by atoms with E-state index in [0.29, 0.717) is 18.2 Å². The Morgan fingerprint density at radius 2 is 0.768 bits per heavy atom. The second-order valence-corrected chi connectivity index (χ2v) is 23.9. The van der Waals surface area contributed by atoms with Gasteiger partial charge in [0.15, 0.2) is 0 Å². The molecule has 322 valence electrons. The first-order valence-corrected chi connectivity index (χ1v) is 26.4. The van der Waals surface area contributed by atoms with Gasteiger partial charge in [-0.3, -0.25) is 0 Å². The summed E-state index contributed by atoms with van der Waals surface area (Å²) in [7, 11) is -4.29. The van der Waals surface area contributed by atoms with Crippen LogP contribution in [0.15, 0.2) is 24.3 Å². The van der Waals surface area contributed by atoms with Crippen LogP contribution in [-0.4, -0.2) is 17.2 Å². The normalized spacial score (nSPS) is 17.1. The number of unbranched alkanes of at least 4 members (excludes halogenated alkanes) is 20. The van der Waals surface area contributed by atoms with Gasteiger partial charge < -0.3 is 0 Å². The second kappa shape index (κ2) is 23.3. The van der Waals surface area contributed by atoms with E-state index in [1.807, 2.05) is 0 Å². The van der Waals surface area contributed by atoms with Crippen molar-refractivity contribution in [2.24, 2.45) is 0 Å². The average Bonchev–Trinajstić information content (AvgIpc) is 3.11. The minimum absolute atomic E-state index is 0.160. The third kappa shape index (κ3) is 14.6. The molecule has 2 aromatic carbocycles. The Bertz CT molecular complexity index is 1330. The summed E-state index contributed by atoms with van der Waals surface area (Å²) in [6.07, 6.45) is 31.4. The van der Waals surface area contributed by atoms with Crippen molar-refractivity contribution in [2.75, 3.05) is 12.3 Å². The molecule has 4 heterocycles. The maximum absolute atomic E-state index is 13.8. The van der Waals surface area contributed by atoms with E-state index in [1.165, 1.54) is 149 Å². The van der Waals surface area contributed by atoms with Crippen molar-refractivity contribution < 1.29 is 13.9 Å². The summed E-state index contributed by atoms with van der Waals surface area (Å²) < 4.78 is 14.9. The Morgan fingerprint density at radius 1 is 0.464 bits per heavy atom. The van der Waals surface area contributed by atoms with Crippen molar-refractivity contribution in [2.45, 2.75) is 247 Å². The number of hydrogen-bond acceptors (Lipinski definition) is 3. The van der Waals surface area contributed by atoms with Crippen molar-refractivity contribution in [3.8, 4) is 11.5 Å². The molecule has 0 saturated heterocycles. The maximum atomic E-state index is 13.8. The Morgan fingerprint density at radius 3 is 1.05 bits per heavy atom. The summed E-state index contributed by atoms with van der Waals surface area (Å²) in [5, 5.41) is 0. The van der Waals surface area contributed by atoms with Gasteiger partial charge in [0, 0.05) is 0 Å². The SMILES string of the molecule is CCCCCCCCCCCCCP1(O)(CCCCCCCCCCCCC)Oc2ccc(c(C)c2C(C)(C)C)C(CCC)c2ccc(c(C(C)(C)C)c2C)O1. The van der Waals surface area contributed by atoms with Gasteiger partial charge in [-0.05, 0) is 0 Å². The zero-order valence-electron chi connectivity index (χ0n) is 39.0. The molecule has 3 nitrogen and oxygen atoms in total. The summed E-state index contributed by atoms with van der Waals surface area (Å²) >= 11 is 0. The molecule has 4 bridgehead atoms. The van der Waals surface area contributed by atoms with Gasteiger partial charge in [0.05, 0.1) is 0 Å². The quantitative estimate of drug-likeness (QED) is 0.0761. The van der Waals surface area contributed by atoms with Crippen LogP contribution in [0.25, 0.3) is 0 Å². The van der Waals surface area contributed by atoms with Gasteiger partial charge in [-0.15, -0.1) is 0 Å². The fourth-order valence-electron chi connectivity index (χ4n) is 9.88. The minimum atomic E-state index is -4.29. The molecule has 4 heteroatoms. The monoisotopic (exact) mass is 795 g/mol. The predicted octanol–water partition coefficient (Wildman–Crippen LogP) is 17.5. The van der Waals surface area contributed by atoms with Crippen LogP contribution in [0.1, 0.15) is 256 Å². The molecule has 0 radical (unpaired) electrons. The molecule has 0 aliphatic carbocycles. The van der Waals surface area contributed by atoms with Crippen LogP contribution in [0.3, 0.4) is 0 Å². The van der Waals surface area contributed by atoms with Gasteiger partial charge in [-0.1, -0.05) is 13.8 Å². The van der Waals surface area contributed by atoms with E-state index in [9.17, 15) is 4.89 Å². The molecular formula is C52H91O3P. The number of rotatable bonds is 26. The van der Waals surface area contributed by atoms with Crippen molar-refractivity contribution in [3.05, 3.63) is 57.6 Å². The van der Waals surface area contributed by atoms with E-state index in [1.54, 1.807) is 0 Å². The third-order valence-corrected chi connectivity index (χ3v) is 16.4. The van der Waals surface area contributed by atoms with E-state index in [-0.39, 0.29) is 10.8 Å². The molecule has 4 aliphatic heterocycles. The van der Waals surface area contributed by atoms with Crippen LogP contribution < -0.4 is 9.05 Å². The van der Waals surface area contributed by atoms with Crippen LogP contribution in [0.4, 0.5) is 0 Å². The van der Waals surface area contributed by atoms with Crippen LogP contribution in [0.2, 0.25) is 0 Å². The molecule has 1 N–H and O–H groups in total. The van der Waals surface area contributed by atoms with E-state index >= 15 is 0 Å². The third-order valence-electron chi connectivity index (χ3n) is 12.8. The van der Waals surface area contributed by atoms with Gasteiger partial charge in [0.1, 0.15) is 0 Å². The predicted molar refractivity (Wildman–Crippen MR) is 250 cm³/mol. The van der Waals surface area contributed by atoms with E-state index in [4.69, 9.17) is 9.05 Å². The molecule has 0 spiro atoms. The van der Waals surface area contributed by atoms with Crippen molar-refractivity contribution >= 4 is 7.28 Å². The second-order valence-electron chi connectivity index (χ2n) is 20.1. The molecule has 4 aliphatic rings.